The summed E-state index contributed by atoms with van der Waals surface area (Å²) >= 11 is 0. The molecular weight excluding hydrogens is 350 g/mol. The van der Waals surface area contributed by atoms with Crippen LogP contribution < -0.4 is 11.0 Å². The Kier molecular flexibility index (Phi) is 3.90. The molecule has 5 rings (SSSR count). The first-order chi connectivity index (χ1) is 13.7. The summed E-state index contributed by atoms with van der Waals surface area (Å²) in [6.07, 6.45) is 9.79. The van der Waals surface area contributed by atoms with Crippen LogP contribution in [0.3, 0.4) is 0 Å². The molecule has 0 fully saturated rings. The predicted octanol–water partition coefficient (Wildman–Crippen LogP) is 2.76. The van der Waals surface area contributed by atoms with Crippen LogP contribution in [0.2, 0.25) is 0 Å². The van der Waals surface area contributed by atoms with Gasteiger partial charge in [-0.25, -0.2) is 9.97 Å². The number of nitrogens with one attached hydrogen (secondary N) is 1. The van der Waals surface area contributed by atoms with E-state index in [0.717, 1.165) is 16.8 Å². The van der Waals surface area contributed by atoms with Crippen molar-refractivity contribution in [3.8, 4) is 0 Å². The van der Waals surface area contributed by atoms with Crippen molar-refractivity contribution in [1.82, 2.24) is 20.0 Å². The number of aromatic nitrogens is 3. The average molecular weight is 369 g/mol. The van der Waals surface area contributed by atoms with Crippen LogP contribution in [0.5, 0.6) is 0 Å². The van der Waals surface area contributed by atoms with Crippen molar-refractivity contribution < 1.29 is 0 Å². The van der Waals surface area contributed by atoms with Gasteiger partial charge in [-0.15, -0.1) is 0 Å². The number of pyridine rings is 1. The van der Waals surface area contributed by atoms with E-state index in [2.05, 4.69) is 69.9 Å². The Balaban J connectivity index is 1.38. The Labute approximate surface area is 162 Å². The van der Waals surface area contributed by atoms with Crippen molar-refractivity contribution >= 4 is 22.3 Å². The zero-order valence-electron chi connectivity index (χ0n) is 15.4. The monoisotopic (exact) mass is 369 g/mol. The fourth-order valence-corrected chi connectivity index (χ4v) is 3.74. The zero-order chi connectivity index (χ0) is 19.1. The molecule has 6 heteroatoms. The van der Waals surface area contributed by atoms with Gasteiger partial charge < -0.3 is 5.43 Å². The minimum atomic E-state index is -0.124. The van der Waals surface area contributed by atoms with E-state index in [1.54, 1.807) is 29.2 Å². The number of rotatable bonds is 3. The molecule has 1 N–H and O–H groups in total. The molecule has 2 aromatic heterocycles. The summed E-state index contributed by atoms with van der Waals surface area (Å²) in [5, 5.41) is 4.33. The number of benzene rings is 1. The number of hydrazone groups is 1. The van der Waals surface area contributed by atoms with Crippen molar-refractivity contribution in [2.45, 2.75) is 19.5 Å². The third kappa shape index (κ3) is 2.83. The molecule has 2 atom stereocenters. The van der Waals surface area contributed by atoms with Gasteiger partial charge in [-0.2, -0.15) is 5.10 Å². The Hall–Kier alpha value is -3.54. The summed E-state index contributed by atoms with van der Waals surface area (Å²) in [4.78, 5) is 21.1. The maximum atomic E-state index is 12.6. The Bertz CT molecular complexity index is 1200. The summed E-state index contributed by atoms with van der Waals surface area (Å²) in [6, 6.07) is 12.1. The molecule has 0 saturated carbocycles. The van der Waals surface area contributed by atoms with Crippen molar-refractivity contribution in [3.63, 3.8) is 0 Å². The molecule has 0 amide bonds. The van der Waals surface area contributed by atoms with E-state index < -0.39 is 0 Å². The van der Waals surface area contributed by atoms with E-state index in [-0.39, 0.29) is 11.6 Å². The summed E-state index contributed by atoms with van der Waals surface area (Å²) in [5.74, 6) is 0.351. The lowest BCUT2D eigenvalue weighted by atomic mass is 9.87. The molecule has 2 aliphatic rings. The van der Waals surface area contributed by atoms with Gasteiger partial charge in [0.05, 0.1) is 24.4 Å². The fourth-order valence-electron chi connectivity index (χ4n) is 3.74. The van der Waals surface area contributed by atoms with Crippen molar-refractivity contribution in [3.05, 3.63) is 88.6 Å². The van der Waals surface area contributed by atoms with Crippen molar-refractivity contribution in [2.24, 2.45) is 11.0 Å². The largest absolute Gasteiger partial charge is 0.302 e. The maximum Gasteiger partial charge on any atom is 0.280 e. The topological polar surface area (TPSA) is 72.2 Å². The zero-order valence-corrected chi connectivity index (χ0v) is 15.4. The van der Waals surface area contributed by atoms with Crippen LogP contribution in [-0.2, 0) is 6.54 Å². The second-order valence-corrected chi connectivity index (χ2v) is 7.16. The van der Waals surface area contributed by atoms with Gasteiger partial charge in [0.2, 0.25) is 0 Å². The SMILES string of the molecule is CC1=NNC2C=C(c3ccc(Cn4cnc5cccnc5c4=O)cc3)C=CC12. The molecule has 0 spiro atoms. The van der Waals surface area contributed by atoms with Gasteiger partial charge in [0.15, 0.2) is 5.52 Å². The molecule has 138 valence electrons. The molecule has 3 aromatic rings. The lowest BCUT2D eigenvalue weighted by molar-refractivity contribution is 0.622. The van der Waals surface area contributed by atoms with E-state index in [0.29, 0.717) is 23.5 Å². The third-order valence-electron chi connectivity index (χ3n) is 5.33. The van der Waals surface area contributed by atoms with Crippen LogP contribution in [0.1, 0.15) is 18.1 Å². The van der Waals surface area contributed by atoms with Crippen LogP contribution in [0.4, 0.5) is 0 Å². The predicted molar refractivity (Wildman–Crippen MR) is 110 cm³/mol. The molecule has 1 aliphatic carbocycles. The van der Waals surface area contributed by atoms with Crippen LogP contribution in [-0.4, -0.2) is 26.3 Å². The fraction of sp³-hybridized carbons (Fsp3) is 0.182. The van der Waals surface area contributed by atoms with Gasteiger partial charge in [-0.1, -0.05) is 42.5 Å². The van der Waals surface area contributed by atoms with Crippen LogP contribution in [0.15, 0.2) is 77.0 Å². The first kappa shape index (κ1) is 16.6. The van der Waals surface area contributed by atoms with Crippen LogP contribution >= 0.6 is 0 Å². The molecule has 0 bridgehead atoms. The first-order valence-electron chi connectivity index (χ1n) is 9.28. The molecular formula is C22H19N5O. The standard InChI is InChI=1S/C22H19N5O/c1-14-18-9-8-17(11-20(18)26-25-14)16-6-4-15(5-7-16)12-27-13-24-19-3-2-10-23-21(19)22(27)28/h2-11,13,18,20,26H,12H2,1H3. The maximum absolute atomic E-state index is 12.6. The molecule has 3 heterocycles. The normalized spacial score (nSPS) is 20.5. The Morgan fingerprint density at radius 3 is 2.86 bits per heavy atom. The summed E-state index contributed by atoms with van der Waals surface area (Å²) < 4.78 is 1.59. The second-order valence-electron chi connectivity index (χ2n) is 7.16. The van der Waals surface area contributed by atoms with Gasteiger partial charge in [0.25, 0.3) is 5.56 Å². The molecule has 1 aromatic carbocycles. The van der Waals surface area contributed by atoms with Gasteiger partial charge in [-0.05, 0) is 35.8 Å². The first-order valence-corrected chi connectivity index (χ1v) is 9.28. The Morgan fingerprint density at radius 2 is 2.00 bits per heavy atom. The van der Waals surface area contributed by atoms with Crippen LogP contribution in [0.25, 0.3) is 16.6 Å². The highest BCUT2D eigenvalue weighted by atomic mass is 16.1. The van der Waals surface area contributed by atoms with E-state index in [9.17, 15) is 4.79 Å². The van der Waals surface area contributed by atoms with Gasteiger partial charge in [-0.3, -0.25) is 9.36 Å². The minimum Gasteiger partial charge on any atom is -0.302 e. The lowest BCUT2D eigenvalue weighted by Gasteiger charge is -2.19. The number of fused-ring (bicyclic) bond motifs is 2. The van der Waals surface area contributed by atoms with E-state index in [1.165, 1.54) is 5.57 Å². The molecule has 28 heavy (non-hydrogen) atoms. The highest BCUT2D eigenvalue weighted by Crippen LogP contribution is 2.28. The number of allylic oxidation sites excluding steroid dienone is 2. The average Bonchev–Trinajstić information content (AvgIpc) is 3.11. The van der Waals surface area contributed by atoms with Crippen LogP contribution in [0, 0.1) is 5.92 Å². The van der Waals surface area contributed by atoms with E-state index in [1.807, 2.05) is 0 Å². The van der Waals surface area contributed by atoms with Gasteiger partial charge in [0.1, 0.15) is 0 Å². The summed E-state index contributed by atoms with van der Waals surface area (Å²) in [7, 11) is 0. The summed E-state index contributed by atoms with van der Waals surface area (Å²) in [5.41, 5.74) is 8.57. The highest BCUT2D eigenvalue weighted by Gasteiger charge is 2.27. The number of hydrogen-bond acceptors (Lipinski definition) is 5. The quantitative estimate of drug-likeness (QED) is 0.771. The molecule has 0 radical (unpaired) electrons. The van der Waals surface area contributed by atoms with Gasteiger partial charge in [0, 0.05) is 17.8 Å². The summed E-state index contributed by atoms with van der Waals surface area (Å²) in [6.45, 7) is 2.52. The lowest BCUT2D eigenvalue weighted by Crippen LogP contribution is -2.27. The molecule has 2 unspecified atom stereocenters. The van der Waals surface area contributed by atoms with Crippen molar-refractivity contribution in [1.29, 1.82) is 0 Å². The molecule has 0 saturated heterocycles. The smallest absolute Gasteiger partial charge is 0.280 e. The minimum absolute atomic E-state index is 0.124. The van der Waals surface area contributed by atoms with Gasteiger partial charge >= 0.3 is 0 Å². The van der Waals surface area contributed by atoms with E-state index >= 15 is 0 Å². The third-order valence-corrected chi connectivity index (χ3v) is 5.33. The number of hydrogen-bond donors (Lipinski definition) is 1. The van der Waals surface area contributed by atoms with Crippen molar-refractivity contribution in [2.75, 3.05) is 0 Å². The molecule has 6 nitrogen and oxygen atoms in total. The van der Waals surface area contributed by atoms with E-state index in [4.69, 9.17) is 0 Å². The highest BCUT2D eigenvalue weighted by molar-refractivity contribution is 5.91. The molecule has 1 aliphatic heterocycles. The number of nitrogens with zero attached hydrogens (tertiary/aromatic N) is 4. The Morgan fingerprint density at radius 1 is 1.14 bits per heavy atom. The second kappa shape index (κ2) is 6.56.